The van der Waals surface area contributed by atoms with Crippen LogP contribution >= 0.6 is 0 Å². The Labute approximate surface area is 146 Å². The van der Waals surface area contributed by atoms with Crippen molar-refractivity contribution in [2.75, 3.05) is 32.7 Å². The summed E-state index contributed by atoms with van der Waals surface area (Å²) in [7, 11) is 0. The van der Waals surface area contributed by atoms with Crippen molar-refractivity contribution in [2.45, 2.75) is 70.3 Å². The van der Waals surface area contributed by atoms with Crippen molar-refractivity contribution >= 4 is 11.8 Å². The molecule has 0 radical (unpaired) electrons. The van der Waals surface area contributed by atoms with Gasteiger partial charge in [0.1, 0.15) is 0 Å². The monoisotopic (exact) mass is 335 g/mol. The SMILES string of the molecule is O=C(CCCC1CCCCC1)N1CCCC(N2CCNCC2=O)C1. The lowest BCUT2D eigenvalue weighted by Crippen LogP contribution is -2.57. The van der Waals surface area contributed by atoms with Gasteiger partial charge in [-0.05, 0) is 31.6 Å². The van der Waals surface area contributed by atoms with Gasteiger partial charge in [0.2, 0.25) is 11.8 Å². The van der Waals surface area contributed by atoms with Crippen LogP contribution in [0.2, 0.25) is 0 Å². The minimum atomic E-state index is 0.192. The summed E-state index contributed by atoms with van der Waals surface area (Å²) in [5, 5.41) is 3.12. The Hall–Kier alpha value is -1.10. The number of piperazine rings is 1. The molecule has 3 aliphatic rings. The van der Waals surface area contributed by atoms with E-state index >= 15 is 0 Å². The highest BCUT2D eigenvalue weighted by Crippen LogP contribution is 2.28. The van der Waals surface area contributed by atoms with Gasteiger partial charge >= 0.3 is 0 Å². The molecule has 1 N–H and O–H groups in total. The molecule has 2 aliphatic heterocycles. The van der Waals surface area contributed by atoms with Crippen molar-refractivity contribution in [1.82, 2.24) is 15.1 Å². The molecule has 2 saturated heterocycles. The van der Waals surface area contributed by atoms with Gasteiger partial charge < -0.3 is 15.1 Å². The van der Waals surface area contributed by atoms with E-state index < -0.39 is 0 Å². The summed E-state index contributed by atoms with van der Waals surface area (Å²) in [6.45, 7) is 3.73. The fraction of sp³-hybridized carbons (Fsp3) is 0.895. The number of likely N-dealkylation sites (tertiary alicyclic amines) is 1. The van der Waals surface area contributed by atoms with Crippen LogP contribution in [0.15, 0.2) is 0 Å². The van der Waals surface area contributed by atoms with E-state index in [1.807, 2.05) is 9.80 Å². The second-order valence-corrected chi connectivity index (χ2v) is 7.80. The normalized spacial score (nSPS) is 26.7. The average molecular weight is 335 g/mol. The molecule has 0 aromatic heterocycles. The van der Waals surface area contributed by atoms with E-state index in [2.05, 4.69) is 5.32 Å². The maximum atomic E-state index is 12.6. The molecule has 1 unspecified atom stereocenters. The summed E-state index contributed by atoms with van der Waals surface area (Å²) in [5.74, 6) is 1.36. The number of hydrogen-bond donors (Lipinski definition) is 1. The van der Waals surface area contributed by atoms with Crippen LogP contribution in [0.1, 0.15) is 64.2 Å². The molecule has 24 heavy (non-hydrogen) atoms. The van der Waals surface area contributed by atoms with Gasteiger partial charge in [0.25, 0.3) is 0 Å². The summed E-state index contributed by atoms with van der Waals surface area (Å²) in [4.78, 5) is 28.7. The van der Waals surface area contributed by atoms with Crippen LogP contribution in [0, 0.1) is 5.92 Å². The fourth-order valence-corrected chi connectivity index (χ4v) is 4.62. The fourth-order valence-electron chi connectivity index (χ4n) is 4.62. The smallest absolute Gasteiger partial charge is 0.236 e. The zero-order valence-corrected chi connectivity index (χ0v) is 15.0. The molecule has 136 valence electrons. The summed E-state index contributed by atoms with van der Waals surface area (Å²) in [6.07, 6.45) is 11.9. The van der Waals surface area contributed by atoms with E-state index in [0.29, 0.717) is 18.9 Å². The summed E-state index contributed by atoms with van der Waals surface area (Å²) >= 11 is 0. The standard InChI is InChI=1S/C19H33N3O2/c23-18(10-4-8-16-6-2-1-3-7-16)21-12-5-9-17(15-21)22-13-11-20-14-19(22)24/h16-17,20H,1-15H2. The highest BCUT2D eigenvalue weighted by molar-refractivity contribution is 5.80. The first-order chi connectivity index (χ1) is 11.7. The van der Waals surface area contributed by atoms with Crippen molar-refractivity contribution in [2.24, 2.45) is 5.92 Å². The quantitative estimate of drug-likeness (QED) is 0.838. The Balaban J connectivity index is 1.41. The predicted octanol–water partition coefficient (Wildman–Crippen LogP) is 2.16. The van der Waals surface area contributed by atoms with E-state index in [4.69, 9.17) is 0 Å². The Morgan fingerprint density at radius 2 is 1.92 bits per heavy atom. The maximum Gasteiger partial charge on any atom is 0.236 e. The van der Waals surface area contributed by atoms with Crippen LogP contribution in [0.5, 0.6) is 0 Å². The largest absolute Gasteiger partial charge is 0.341 e. The van der Waals surface area contributed by atoms with Crippen LogP contribution in [-0.4, -0.2) is 60.4 Å². The van der Waals surface area contributed by atoms with Gasteiger partial charge in [0.05, 0.1) is 6.54 Å². The molecule has 5 heteroatoms. The molecule has 1 aliphatic carbocycles. The lowest BCUT2D eigenvalue weighted by molar-refractivity contribution is -0.140. The molecule has 2 heterocycles. The van der Waals surface area contributed by atoms with Crippen LogP contribution in [0.25, 0.3) is 0 Å². The second-order valence-electron chi connectivity index (χ2n) is 7.80. The second kappa shape index (κ2) is 8.84. The molecule has 0 spiro atoms. The van der Waals surface area contributed by atoms with Crippen LogP contribution in [0.3, 0.4) is 0 Å². The molecule has 3 rings (SSSR count). The van der Waals surface area contributed by atoms with Crippen LogP contribution in [-0.2, 0) is 9.59 Å². The van der Waals surface area contributed by atoms with E-state index in [1.54, 1.807) is 0 Å². The summed E-state index contributed by atoms with van der Waals surface area (Å²) in [5.41, 5.74) is 0. The highest BCUT2D eigenvalue weighted by atomic mass is 16.2. The number of carbonyl (C=O) groups excluding carboxylic acids is 2. The topological polar surface area (TPSA) is 52.7 Å². The number of hydrogen-bond acceptors (Lipinski definition) is 3. The van der Waals surface area contributed by atoms with Gasteiger partial charge in [0, 0.05) is 38.6 Å². The maximum absolute atomic E-state index is 12.6. The van der Waals surface area contributed by atoms with Gasteiger partial charge in [-0.3, -0.25) is 9.59 Å². The number of piperidine rings is 1. The van der Waals surface area contributed by atoms with E-state index in [1.165, 1.54) is 38.5 Å². The van der Waals surface area contributed by atoms with E-state index in [0.717, 1.165) is 51.4 Å². The van der Waals surface area contributed by atoms with Crippen molar-refractivity contribution in [3.05, 3.63) is 0 Å². The summed E-state index contributed by atoms with van der Waals surface area (Å²) in [6, 6.07) is 0.232. The zero-order chi connectivity index (χ0) is 16.8. The molecule has 5 nitrogen and oxygen atoms in total. The Kier molecular flexibility index (Phi) is 6.52. The third kappa shape index (κ3) is 4.71. The van der Waals surface area contributed by atoms with Gasteiger partial charge in [-0.2, -0.15) is 0 Å². The summed E-state index contributed by atoms with van der Waals surface area (Å²) < 4.78 is 0. The first-order valence-electron chi connectivity index (χ1n) is 10.0. The number of nitrogens with zero attached hydrogens (tertiary/aromatic N) is 2. The number of amides is 2. The van der Waals surface area contributed by atoms with Gasteiger partial charge in [0.15, 0.2) is 0 Å². The molecular formula is C19H33N3O2. The van der Waals surface area contributed by atoms with Crippen molar-refractivity contribution in [1.29, 1.82) is 0 Å². The molecule has 1 saturated carbocycles. The van der Waals surface area contributed by atoms with Crippen molar-refractivity contribution in [3.63, 3.8) is 0 Å². The Morgan fingerprint density at radius 3 is 2.71 bits per heavy atom. The molecule has 0 aromatic carbocycles. The molecule has 2 amide bonds. The first-order valence-corrected chi connectivity index (χ1v) is 10.0. The lowest BCUT2D eigenvalue weighted by atomic mass is 9.86. The van der Waals surface area contributed by atoms with Gasteiger partial charge in [-0.1, -0.05) is 32.1 Å². The molecule has 1 atom stereocenters. The lowest BCUT2D eigenvalue weighted by Gasteiger charge is -2.41. The third-order valence-electron chi connectivity index (χ3n) is 6.04. The Morgan fingerprint density at radius 1 is 1.08 bits per heavy atom. The number of nitrogens with one attached hydrogen (secondary N) is 1. The molecule has 0 bridgehead atoms. The molecule has 0 aromatic rings. The highest BCUT2D eigenvalue weighted by Gasteiger charge is 2.31. The van der Waals surface area contributed by atoms with Crippen molar-refractivity contribution < 1.29 is 9.59 Å². The molecular weight excluding hydrogens is 302 g/mol. The predicted molar refractivity (Wildman–Crippen MR) is 94.6 cm³/mol. The average Bonchev–Trinajstić information content (AvgIpc) is 2.63. The minimum Gasteiger partial charge on any atom is -0.341 e. The van der Waals surface area contributed by atoms with Crippen molar-refractivity contribution in [3.8, 4) is 0 Å². The minimum absolute atomic E-state index is 0.192. The van der Waals surface area contributed by atoms with Crippen LogP contribution in [0.4, 0.5) is 0 Å². The molecule has 3 fully saturated rings. The van der Waals surface area contributed by atoms with Gasteiger partial charge in [-0.15, -0.1) is 0 Å². The van der Waals surface area contributed by atoms with Gasteiger partial charge in [-0.25, -0.2) is 0 Å². The van der Waals surface area contributed by atoms with Crippen LogP contribution < -0.4 is 5.32 Å². The number of carbonyl (C=O) groups is 2. The van der Waals surface area contributed by atoms with E-state index in [-0.39, 0.29) is 11.9 Å². The third-order valence-corrected chi connectivity index (χ3v) is 6.04. The zero-order valence-electron chi connectivity index (χ0n) is 15.0. The number of rotatable bonds is 5. The first kappa shape index (κ1) is 17.7. The Bertz CT molecular complexity index is 434. The van der Waals surface area contributed by atoms with E-state index in [9.17, 15) is 9.59 Å².